The summed E-state index contributed by atoms with van der Waals surface area (Å²) in [6.45, 7) is 4.78. The number of urea groups is 1. The Hall–Kier alpha value is -2.74. The molecule has 2 unspecified atom stereocenters. The Morgan fingerprint density at radius 3 is 2.67 bits per heavy atom. The highest BCUT2D eigenvalue weighted by atomic mass is 32.1. The molecule has 1 aliphatic heterocycles. The molecule has 1 aliphatic rings. The number of hydrogen-bond donors (Lipinski definition) is 2. The molecular weight excluding hydrogens is 364 g/mol. The number of carbonyl (C=O) groups excluding carboxylic acids is 3. The smallest absolute Gasteiger partial charge is 0.325 e. The zero-order chi connectivity index (χ0) is 19.6. The van der Waals surface area contributed by atoms with Gasteiger partial charge in [0.2, 0.25) is 5.91 Å². The van der Waals surface area contributed by atoms with Gasteiger partial charge in [0.15, 0.2) is 0 Å². The maximum Gasteiger partial charge on any atom is 0.325 e. The molecule has 2 aromatic rings. The van der Waals surface area contributed by atoms with Gasteiger partial charge in [-0.25, -0.2) is 9.69 Å². The number of thiophene rings is 1. The molecule has 0 saturated carbocycles. The van der Waals surface area contributed by atoms with Crippen LogP contribution in [0.1, 0.15) is 38.1 Å². The molecule has 3 heterocycles. The number of nitrogens with one attached hydrogen (secondary N) is 2. The van der Waals surface area contributed by atoms with Crippen molar-refractivity contribution < 1.29 is 14.4 Å². The van der Waals surface area contributed by atoms with Crippen molar-refractivity contribution >= 4 is 29.2 Å². The fourth-order valence-corrected chi connectivity index (χ4v) is 3.67. The quantitative estimate of drug-likeness (QED) is 0.745. The van der Waals surface area contributed by atoms with Crippen LogP contribution in [0.15, 0.2) is 41.2 Å². The van der Waals surface area contributed by atoms with Crippen LogP contribution in [0, 0.1) is 0 Å². The first-order valence-electron chi connectivity index (χ1n) is 8.68. The van der Waals surface area contributed by atoms with Gasteiger partial charge >= 0.3 is 6.03 Å². The third-order valence-corrected chi connectivity index (χ3v) is 5.27. The molecule has 0 aliphatic carbocycles. The Morgan fingerprint density at radius 1 is 1.33 bits per heavy atom. The predicted octanol–water partition coefficient (Wildman–Crippen LogP) is 2.26. The van der Waals surface area contributed by atoms with E-state index in [4.69, 9.17) is 0 Å². The summed E-state index contributed by atoms with van der Waals surface area (Å²) in [4.78, 5) is 42.8. The first kappa shape index (κ1) is 19.0. The van der Waals surface area contributed by atoms with Crippen LogP contribution in [0.2, 0.25) is 0 Å². The fourth-order valence-electron chi connectivity index (χ4n) is 2.99. The molecule has 2 atom stereocenters. The van der Waals surface area contributed by atoms with Gasteiger partial charge in [0.1, 0.15) is 11.6 Å². The lowest BCUT2D eigenvalue weighted by molar-refractivity contribution is -0.137. The van der Waals surface area contributed by atoms with E-state index < -0.39 is 29.4 Å². The van der Waals surface area contributed by atoms with Crippen LogP contribution >= 0.6 is 11.3 Å². The van der Waals surface area contributed by atoms with Gasteiger partial charge in [0, 0.05) is 6.20 Å². The van der Waals surface area contributed by atoms with E-state index in [1.807, 2.05) is 35.0 Å². The standard InChI is InChI=1S/C19H22N4O3S/c1-12(23-17(25)19(2,3)22-18(23)26)16(24)21-15(10-13-7-9-27-11-13)14-6-4-5-8-20-14/h4-9,11-12,15H,10H2,1-3H3,(H,21,24)(H,22,26). The molecule has 4 amide bonds. The summed E-state index contributed by atoms with van der Waals surface area (Å²) in [5.41, 5.74) is 0.796. The number of hydrogen-bond acceptors (Lipinski definition) is 5. The fraction of sp³-hybridized carbons (Fsp3) is 0.368. The van der Waals surface area contributed by atoms with Crippen molar-refractivity contribution in [2.45, 2.75) is 44.8 Å². The molecule has 3 rings (SSSR count). The summed E-state index contributed by atoms with van der Waals surface area (Å²) in [6, 6.07) is 5.68. The molecular formula is C19H22N4O3S. The van der Waals surface area contributed by atoms with Gasteiger partial charge in [-0.3, -0.25) is 14.6 Å². The average molecular weight is 386 g/mol. The predicted molar refractivity (Wildman–Crippen MR) is 102 cm³/mol. The maximum absolute atomic E-state index is 12.8. The third-order valence-electron chi connectivity index (χ3n) is 4.54. The molecule has 0 spiro atoms. The zero-order valence-corrected chi connectivity index (χ0v) is 16.2. The van der Waals surface area contributed by atoms with E-state index in [0.717, 1.165) is 16.2 Å². The van der Waals surface area contributed by atoms with Crippen LogP contribution in [0.25, 0.3) is 0 Å². The molecule has 7 nitrogen and oxygen atoms in total. The zero-order valence-electron chi connectivity index (χ0n) is 15.4. The molecule has 8 heteroatoms. The summed E-state index contributed by atoms with van der Waals surface area (Å²) in [5, 5.41) is 9.54. The Bertz CT molecular complexity index is 836. The van der Waals surface area contributed by atoms with Crippen molar-refractivity contribution in [3.63, 3.8) is 0 Å². The maximum atomic E-state index is 12.8. The van der Waals surface area contributed by atoms with E-state index >= 15 is 0 Å². The molecule has 0 bridgehead atoms. The number of imide groups is 1. The van der Waals surface area contributed by atoms with Crippen LogP contribution in [0.3, 0.4) is 0 Å². The van der Waals surface area contributed by atoms with E-state index in [9.17, 15) is 14.4 Å². The van der Waals surface area contributed by atoms with E-state index in [1.54, 1.807) is 38.3 Å². The summed E-state index contributed by atoms with van der Waals surface area (Å²) >= 11 is 1.58. The minimum Gasteiger partial charge on any atom is -0.346 e. The highest BCUT2D eigenvalue weighted by molar-refractivity contribution is 7.07. The van der Waals surface area contributed by atoms with Gasteiger partial charge < -0.3 is 10.6 Å². The van der Waals surface area contributed by atoms with Crippen molar-refractivity contribution in [3.05, 3.63) is 52.5 Å². The molecule has 0 radical (unpaired) electrons. The second-order valence-corrected chi connectivity index (χ2v) is 7.84. The van der Waals surface area contributed by atoms with Crippen LogP contribution in [-0.2, 0) is 16.0 Å². The van der Waals surface area contributed by atoms with Gasteiger partial charge in [-0.2, -0.15) is 11.3 Å². The molecule has 2 N–H and O–H groups in total. The Morgan fingerprint density at radius 2 is 2.11 bits per heavy atom. The van der Waals surface area contributed by atoms with Crippen LogP contribution in [0.5, 0.6) is 0 Å². The topological polar surface area (TPSA) is 91.4 Å². The summed E-state index contributed by atoms with van der Waals surface area (Å²) < 4.78 is 0. The molecule has 2 aromatic heterocycles. The molecule has 27 heavy (non-hydrogen) atoms. The van der Waals surface area contributed by atoms with Gasteiger partial charge in [-0.05, 0) is 61.7 Å². The van der Waals surface area contributed by atoms with Crippen LogP contribution < -0.4 is 10.6 Å². The lowest BCUT2D eigenvalue weighted by Crippen LogP contribution is -2.50. The minimum atomic E-state index is -1.01. The SMILES string of the molecule is CC(C(=O)NC(Cc1ccsc1)c1ccccn1)N1C(=O)NC(C)(C)C1=O. The number of aromatic nitrogens is 1. The van der Waals surface area contributed by atoms with E-state index in [2.05, 4.69) is 15.6 Å². The summed E-state index contributed by atoms with van der Waals surface area (Å²) in [6.07, 6.45) is 2.25. The van der Waals surface area contributed by atoms with E-state index in [1.165, 1.54) is 0 Å². The Kier molecular flexibility index (Phi) is 5.27. The molecule has 0 aromatic carbocycles. The van der Waals surface area contributed by atoms with E-state index in [-0.39, 0.29) is 6.04 Å². The largest absolute Gasteiger partial charge is 0.346 e. The number of pyridine rings is 1. The number of carbonyl (C=O) groups is 3. The molecule has 1 fully saturated rings. The van der Waals surface area contributed by atoms with E-state index in [0.29, 0.717) is 6.42 Å². The van der Waals surface area contributed by atoms with Crippen molar-refractivity contribution in [3.8, 4) is 0 Å². The minimum absolute atomic E-state index is 0.357. The van der Waals surface area contributed by atoms with Crippen LogP contribution in [0.4, 0.5) is 4.79 Å². The highest BCUT2D eigenvalue weighted by Gasteiger charge is 2.48. The molecule has 1 saturated heterocycles. The van der Waals surface area contributed by atoms with Crippen molar-refractivity contribution in [2.24, 2.45) is 0 Å². The summed E-state index contributed by atoms with van der Waals surface area (Å²) in [5.74, 6) is -0.815. The number of amides is 4. The lowest BCUT2D eigenvalue weighted by atomic mass is 10.0. The number of rotatable bonds is 6. The van der Waals surface area contributed by atoms with Gasteiger partial charge in [-0.15, -0.1) is 0 Å². The van der Waals surface area contributed by atoms with Gasteiger partial charge in [0.05, 0.1) is 11.7 Å². The van der Waals surface area contributed by atoms with Crippen LogP contribution in [-0.4, -0.2) is 39.3 Å². The lowest BCUT2D eigenvalue weighted by Gasteiger charge is -2.25. The average Bonchev–Trinajstić information content (AvgIpc) is 3.20. The second kappa shape index (κ2) is 7.48. The highest BCUT2D eigenvalue weighted by Crippen LogP contribution is 2.22. The summed E-state index contributed by atoms with van der Waals surface area (Å²) in [7, 11) is 0. The molecule has 142 valence electrons. The first-order valence-corrected chi connectivity index (χ1v) is 9.62. The second-order valence-electron chi connectivity index (χ2n) is 7.06. The Labute approximate surface area is 161 Å². The Balaban J connectivity index is 1.78. The van der Waals surface area contributed by atoms with Crippen molar-refractivity contribution in [1.29, 1.82) is 0 Å². The number of nitrogens with zero attached hydrogens (tertiary/aromatic N) is 2. The normalized spacial score (nSPS) is 18.1. The van der Waals surface area contributed by atoms with Crippen molar-refractivity contribution in [2.75, 3.05) is 0 Å². The van der Waals surface area contributed by atoms with Crippen molar-refractivity contribution in [1.82, 2.24) is 20.5 Å². The van der Waals surface area contributed by atoms with Gasteiger partial charge in [-0.1, -0.05) is 6.07 Å². The third kappa shape index (κ3) is 4.00. The first-order chi connectivity index (χ1) is 12.8. The monoisotopic (exact) mass is 386 g/mol. The van der Waals surface area contributed by atoms with Gasteiger partial charge in [0.25, 0.3) is 5.91 Å².